The number of aromatic nitrogens is 3. The number of nitrogens with zero attached hydrogens (tertiary/aromatic N) is 3. The molecular formula is C31H30N6O4. The number of aryl methyl sites for hydroxylation is 2. The first-order valence-corrected chi connectivity index (χ1v) is 13.6. The number of pyridine rings is 1. The summed E-state index contributed by atoms with van der Waals surface area (Å²) >= 11 is 0. The van der Waals surface area contributed by atoms with Crippen molar-refractivity contribution in [1.29, 1.82) is 0 Å². The van der Waals surface area contributed by atoms with E-state index >= 15 is 0 Å². The minimum Gasteiger partial charge on any atom is -0.437 e. The second-order valence-electron chi connectivity index (χ2n) is 10.3. The van der Waals surface area contributed by atoms with Crippen LogP contribution in [0.3, 0.4) is 0 Å². The van der Waals surface area contributed by atoms with Crippen LogP contribution in [-0.4, -0.2) is 40.5 Å². The molecule has 3 N–H and O–H groups in total. The van der Waals surface area contributed by atoms with E-state index in [2.05, 4.69) is 26.1 Å². The molecule has 3 aromatic heterocycles. The molecule has 1 aliphatic carbocycles. The fourth-order valence-corrected chi connectivity index (χ4v) is 4.94. The zero-order valence-electron chi connectivity index (χ0n) is 23.3. The van der Waals surface area contributed by atoms with Crippen LogP contribution in [0.2, 0.25) is 0 Å². The molecule has 0 spiro atoms. The van der Waals surface area contributed by atoms with E-state index in [1.54, 1.807) is 20.0 Å². The van der Waals surface area contributed by atoms with Gasteiger partial charge in [0.15, 0.2) is 5.82 Å². The van der Waals surface area contributed by atoms with E-state index in [1.807, 2.05) is 62.4 Å². The number of amides is 2. The van der Waals surface area contributed by atoms with Crippen molar-refractivity contribution in [3.8, 4) is 22.5 Å². The minimum absolute atomic E-state index is 0.234. The number of fused-ring (bicyclic) bond motifs is 1. The monoisotopic (exact) mass is 550 g/mol. The van der Waals surface area contributed by atoms with Crippen molar-refractivity contribution in [2.24, 2.45) is 0 Å². The van der Waals surface area contributed by atoms with Gasteiger partial charge in [-0.3, -0.25) is 9.59 Å². The van der Waals surface area contributed by atoms with Crippen molar-refractivity contribution < 1.29 is 18.5 Å². The van der Waals surface area contributed by atoms with Crippen molar-refractivity contribution in [3.05, 3.63) is 83.0 Å². The van der Waals surface area contributed by atoms with Gasteiger partial charge in [-0.05, 0) is 50.5 Å². The van der Waals surface area contributed by atoms with Gasteiger partial charge < -0.3 is 24.9 Å². The lowest BCUT2D eigenvalue weighted by Gasteiger charge is -2.15. The Labute approximate surface area is 236 Å². The van der Waals surface area contributed by atoms with Crippen molar-refractivity contribution in [3.63, 3.8) is 0 Å². The normalized spacial score (nSPS) is 13.7. The molecule has 10 nitrogen and oxygen atoms in total. The Balaban J connectivity index is 1.42. The second kappa shape index (κ2) is 10.2. The number of nitrogens with one attached hydrogen (secondary N) is 3. The molecule has 208 valence electrons. The number of carbonyl (C=O) groups excluding carboxylic acids is 2. The Morgan fingerprint density at radius 1 is 0.976 bits per heavy atom. The van der Waals surface area contributed by atoms with Crippen LogP contribution >= 0.6 is 0 Å². The average Bonchev–Trinajstić information content (AvgIpc) is 3.45. The number of anilines is 1. The first-order valence-electron chi connectivity index (χ1n) is 13.6. The van der Waals surface area contributed by atoms with E-state index in [1.165, 1.54) is 0 Å². The van der Waals surface area contributed by atoms with E-state index in [9.17, 15) is 9.59 Å². The molecule has 3 heterocycles. The first kappa shape index (κ1) is 26.2. The Morgan fingerprint density at radius 2 is 1.76 bits per heavy atom. The maximum absolute atomic E-state index is 13.4. The van der Waals surface area contributed by atoms with Crippen LogP contribution in [-0.2, 0) is 5.54 Å². The lowest BCUT2D eigenvalue weighted by atomic mass is 9.99. The molecule has 2 amide bonds. The Hall–Kier alpha value is -4.99. The SMILES string of the molecule is CCNc1nc2oc(-c3ccc(C)cc3)c(C(=O)NC)c2cc1-c1cccc(C(=O)NC2(c3noc(C)n3)CC2)c1. The summed E-state index contributed by atoms with van der Waals surface area (Å²) < 4.78 is 11.3. The van der Waals surface area contributed by atoms with Crippen molar-refractivity contribution in [2.45, 2.75) is 39.2 Å². The van der Waals surface area contributed by atoms with Gasteiger partial charge in [-0.15, -0.1) is 0 Å². The Kier molecular flexibility index (Phi) is 6.53. The summed E-state index contributed by atoms with van der Waals surface area (Å²) in [4.78, 5) is 35.6. The smallest absolute Gasteiger partial charge is 0.255 e. The van der Waals surface area contributed by atoms with E-state index < -0.39 is 5.54 Å². The van der Waals surface area contributed by atoms with Gasteiger partial charge in [0.05, 0.1) is 10.9 Å². The molecule has 1 saturated carbocycles. The molecule has 2 aromatic carbocycles. The van der Waals surface area contributed by atoms with Gasteiger partial charge in [0.1, 0.15) is 17.1 Å². The molecule has 0 bridgehead atoms. The molecule has 0 aliphatic heterocycles. The number of carbonyl (C=O) groups is 2. The minimum atomic E-state index is -0.605. The van der Waals surface area contributed by atoms with Gasteiger partial charge in [0, 0.05) is 37.2 Å². The summed E-state index contributed by atoms with van der Waals surface area (Å²) in [6, 6.07) is 17.0. The quantitative estimate of drug-likeness (QED) is 0.235. The van der Waals surface area contributed by atoms with E-state index in [0.29, 0.717) is 52.1 Å². The fourth-order valence-electron chi connectivity index (χ4n) is 4.94. The summed E-state index contributed by atoms with van der Waals surface area (Å²) in [5.74, 6) is 1.48. The standard InChI is InChI=1S/C31H30N6O4/c1-5-33-26-22(16-23-24(28(39)32-4)25(40-29(23)35-26)19-11-9-17(2)10-12-19)20-7-6-8-21(15-20)27(38)36-31(13-14-31)30-34-18(3)41-37-30/h6-12,15-16H,5,13-14H2,1-4H3,(H,32,39)(H,33,35)(H,36,38). The molecule has 1 fully saturated rings. The van der Waals surface area contributed by atoms with Crippen LogP contribution in [0.5, 0.6) is 0 Å². The van der Waals surface area contributed by atoms with Crippen LogP contribution < -0.4 is 16.0 Å². The highest BCUT2D eigenvalue weighted by atomic mass is 16.5. The van der Waals surface area contributed by atoms with Gasteiger partial charge >= 0.3 is 0 Å². The molecule has 41 heavy (non-hydrogen) atoms. The first-order chi connectivity index (χ1) is 19.8. The summed E-state index contributed by atoms with van der Waals surface area (Å²) in [7, 11) is 1.59. The topological polar surface area (TPSA) is 135 Å². The lowest BCUT2D eigenvalue weighted by Crippen LogP contribution is -2.35. The third-order valence-electron chi connectivity index (χ3n) is 7.29. The highest BCUT2D eigenvalue weighted by Crippen LogP contribution is 2.44. The number of hydrogen-bond donors (Lipinski definition) is 3. The van der Waals surface area contributed by atoms with E-state index in [4.69, 9.17) is 13.9 Å². The molecule has 0 radical (unpaired) electrons. The largest absolute Gasteiger partial charge is 0.437 e. The van der Waals surface area contributed by atoms with Crippen LogP contribution in [0.4, 0.5) is 5.82 Å². The van der Waals surface area contributed by atoms with Crippen molar-refractivity contribution in [1.82, 2.24) is 25.8 Å². The van der Waals surface area contributed by atoms with Crippen molar-refractivity contribution >= 4 is 28.7 Å². The predicted octanol–water partition coefficient (Wildman–Crippen LogP) is 5.37. The molecule has 1 aliphatic rings. The van der Waals surface area contributed by atoms with E-state index in [-0.39, 0.29) is 11.8 Å². The molecule has 6 rings (SSSR count). The predicted molar refractivity (Wildman–Crippen MR) is 155 cm³/mol. The average molecular weight is 551 g/mol. The van der Waals surface area contributed by atoms with Crippen LogP contribution in [0.25, 0.3) is 33.6 Å². The molecule has 5 aromatic rings. The second-order valence-corrected chi connectivity index (χ2v) is 10.3. The van der Waals surface area contributed by atoms with Crippen LogP contribution in [0.15, 0.2) is 63.5 Å². The summed E-state index contributed by atoms with van der Waals surface area (Å²) in [5, 5.41) is 13.7. The number of benzene rings is 2. The van der Waals surface area contributed by atoms with Crippen molar-refractivity contribution in [2.75, 3.05) is 18.9 Å². The lowest BCUT2D eigenvalue weighted by molar-refractivity contribution is 0.0926. The zero-order valence-corrected chi connectivity index (χ0v) is 23.3. The van der Waals surface area contributed by atoms with Gasteiger partial charge in [-0.25, -0.2) is 0 Å². The Morgan fingerprint density at radius 3 is 2.41 bits per heavy atom. The van der Waals surface area contributed by atoms with Gasteiger partial charge in [-0.2, -0.15) is 9.97 Å². The summed E-state index contributed by atoms with van der Waals surface area (Å²) in [6.45, 7) is 6.32. The van der Waals surface area contributed by atoms with Gasteiger partial charge in [0.2, 0.25) is 11.6 Å². The van der Waals surface area contributed by atoms with E-state index in [0.717, 1.165) is 35.1 Å². The number of rotatable bonds is 8. The molecule has 10 heteroatoms. The molecule has 0 saturated heterocycles. The van der Waals surface area contributed by atoms with Crippen LogP contribution in [0, 0.1) is 13.8 Å². The zero-order chi connectivity index (χ0) is 28.7. The summed E-state index contributed by atoms with van der Waals surface area (Å²) in [6.07, 6.45) is 1.49. The van der Waals surface area contributed by atoms with Crippen LogP contribution in [0.1, 0.15) is 57.8 Å². The van der Waals surface area contributed by atoms with Gasteiger partial charge in [-0.1, -0.05) is 47.1 Å². The maximum Gasteiger partial charge on any atom is 0.255 e. The molecule has 0 atom stereocenters. The number of hydrogen-bond acceptors (Lipinski definition) is 8. The fraction of sp³-hybridized carbons (Fsp3) is 0.258. The maximum atomic E-state index is 13.4. The van der Waals surface area contributed by atoms with Gasteiger partial charge in [0.25, 0.3) is 11.8 Å². The molecular weight excluding hydrogens is 520 g/mol. The Bertz CT molecular complexity index is 1780. The molecule has 0 unspecified atom stereocenters. The summed E-state index contributed by atoms with van der Waals surface area (Å²) in [5.41, 5.74) is 4.02. The third kappa shape index (κ3) is 4.82. The third-order valence-corrected chi connectivity index (χ3v) is 7.29. The number of furan rings is 1. The highest BCUT2D eigenvalue weighted by Gasteiger charge is 2.50. The highest BCUT2D eigenvalue weighted by molar-refractivity contribution is 6.11.